The van der Waals surface area contributed by atoms with Crippen molar-refractivity contribution in [2.45, 2.75) is 32.4 Å². The number of urea groups is 1. The zero-order valence-corrected chi connectivity index (χ0v) is 14.5. The summed E-state index contributed by atoms with van der Waals surface area (Å²) in [5.41, 5.74) is 1.34. The van der Waals surface area contributed by atoms with E-state index in [0.29, 0.717) is 13.1 Å². The van der Waals surface area contributed by atoms with Crippen LogP contribution in [0.2, 0.25) is 0 Å². The maximum atomic E-state index is 12.5. The van der Waals surface area contributed by atoms with Crippen LogP contribution in [0.5, 0.6) is 0 Å². The highest BCUT2D eigenvalue weighted by Gasteiger charge is 2.22. The molecule has 0 radical (unpaired) electrons. The number of hydrogen-bond donors (Lipinski definition) is 2. The summed E-state index contributed by atoms with van der Waals surface area (Å²) in [6.45, 7) is 4.78. The molecular weight excluding hydrogens is 308 g/mol. The maximum Gasteiger partial charge on any atom is 0.317 e. The highest BCUT2D eigenvalue weighted by molar-refractivity contribution is 7.07. The van der Waals surface area contributed by atoms with Crippen LogP contribution in [0.3, 0.4) is 0 Å². The largest absolute Gasteiger partial charge is 0.389 e. The molecule has 0 unspecified atom stereocenters. The lowest BCUT2D eigenvalue weighted by Crippen LogP contribution is -2.46. The predicted octanol–water partition coefficient (Wildman–Crippen LogP) is 3.27. The summed E-state index contributed by atoms with van der Waals surface area (Å²) in [4.78, 5) is 14.1. The Balaban J connectivity index is 1.93. The van der Waals surface area contributed by atoms with Gasteiger partial charge in [-0.1, -0.05) is 30.3 Å². The van der Waals surface area contributed by atoms with Gasteiger partial charge in [-0.3, -0.25) is 0 Å². The number of benzene rings is 1. The standard InChI is InChI=1S/C18H24N2O2S/c1-18(2,22)14-20(12-15-6-4-3-5-7-15)17(21)19-10-8-16-9-11-23-13-16/h3-7,9,11,13,22H,8,10,12,14H2,1-2H3,(H,19,21). The van der Waals surface area contributed by atoms with Gasteiger partial charge in [0, 0.05) is 13.1 Å². The molecular formula is C18H24N2O2S. The average Bonchev–Trinajstić information content (AvgIpc) is 2.99. The maximum absolute atomic E-state index is 12.5. The molecule has 0 aliphatic rings. The quantitative estimate of drug-likeness (QED) is 0.817. The van der Waals surface area contributed by atoms with Crippen LogP contribution in [0, 0.1) is 0 Å². The van der Waals surface area contributed by atoms with Crippen molar-refractivity contribution in [2.24, 2.45) is 0 Å². The van der Waals surface area contributed by atoms with Crippen LogP contribution in [0.15, 0.2) is 47.2 Å². The van der Waals surface area contributed by atoms with Gasteiger partial charge in [0.2, 0.25) is 0 Å². The SMILES string of the molecule is CC(C)(O)CN(Cc1ccccc1)C(=O)NCCc1ccsc1. The molecule has 0 aliphatic carbocycles. The fourth-order valence-electron chi connectivity index (χ4n) is 2.33. The molecule has 2 amide bonds. The fraction of sp³-hybridized carbons (Fsp3) is 0.389. The number of hydrogen-bond acceptors (Lipinski definition) is 3. The second-order valence-electron chi connectivity index (χ2n) is 6.27. The van der Waals surface area contributed by atoms with Gasteiger partial charge >= 0.3 is 6.03 Å². The minimum absolute atomic E-state index is 0.147. The number of aliphatic hydroxyl groups is 1. The van der Waals surface area contributed by atoms with E-state index in [1.54, 1.807) is 30.1 Å². The molecule has 2 rings (SSSR count). The Bertz CT molecular complexity index is 591. The number of thiophene rings is 1. The summed E-state index contributed by atoms with van der Waals surface area (Å²) in [5, 5.41) is 17.1. The van der Waals surface area contributed by atoms with Crippen LogP contribution in [-0.4, -0.2) is 34.7 Å². The van der Waals surface area contributed by atoms with Crippen molar-refractivity contribution in [1.29, 1.82) is 0 Å². The second kappa shape index (κ2) is 8.13. The number of nitrogens with one attached hydrogen (secondary N) is 1. The van der Waals surface area contributed by atoms with Crippen LogP contribution >= 0.6 is 11.3 Å². The van der Waals surface area contributed by atoms with Crippen LogP contribution in [0.25, 0.3) is 0 Å². The number of rotatable bonds is 7. The lowest BCUT2D eigenvalue weighted by atomic mass is 10.1. The first-order valence-electron chi connectivity index (χ1n) is 7.74. The molecule has 0 bridgehead atoms. The summed E-state index contributed by atoms with van der Waals surface area (Å²) in [5.74, 6) is 0. The summed E-state index contributed by atoms with van der Waals surface area (Å²) in [7, 11) is 0. The molecule has 5 heteroatoms. The molecule has 1 aromatic heterocycles. The molecule has 4 nitrogen and oxygen atoms in total. The summed E-state index contributed by atoms with van der Waals surface area (Å²) in [6.07, 6.45) is 0.816. The van der Waals surface area contributed by atoms with E-state index in [2.05, 4.69) is 16.8 Å². The molecule has 0 spiro atoms. The Kier molecular flexibility index (Phi) is 6.19. The Labute approximate surface area is 141 Å². The monoisotopic (exact) mass is 332 g/mol. The highest BCUT2D eigenvalue weighted by Crippen LogP contribution is 2.11. The normalized spacial score (nSPS) is 11.3. The van der Waals surface area contributed by atoms with Gasteiger partial charge in [0.25, 0.3) is 0 Å². The molecule has 1 heterocycles. The van der Waals surface area contributed by atoms with Crippen molar-refractivity contribution in [3.63, 3.8) is 0 Å². The number of amides is 2. The van der Waals surface area contributed by atoms with E-state index in [1.807, 2.05) is 35.7 Å². The molecule has 0 atom stereocenters. The average molecular weight is 332 g/mol. The molecule has 0 aliphatic heterocycles. The van der Waals surface area contributed by atoms with E-state index in [1.165, 1.54) is 5.56 Å². The first-order chi connectivity index (χ1) is 10.9. The van der Waals surface area contributed by atoms with Gasteiger partial charge in [0.1, 0.15) is 0 Å². The zero-order chi connectivity index (χ0) is 16.7. The Hall–Kier alpha value is -1.85. The molecule has 0 saturated heterocycles. The smallest absolute Gasteiger partial charge is 0.317 e. The van der Waals surface area contributed by atoms with Gasteiger partial charge < -0.3 is 15.3 Å². The van der Waals surface area contributed by atoms with E-state index in [4.69, 9.17) is 0 Å². The van der Waals surface area contributed by atoms with E-state index >= 15 is 0 Å². The van der Waals surface area contributed by atoms with E-state index < -0.39 is 5.60 Å². The molecule has 0 fully saturated rings. The molecule has 2 aromatic rings. The molecule has 2 N–H and O–H groups in total. The molecule has 1 aromatic carbocycles. The second-order valence-corrected chi connectivity index (χ2v) is 7.05. The summed E-state index contributed by atoms with van der Waals surface area (Å²) < 4.78 is 0. The van der Waals surface area contributed by atoms with Crippen molar-refractivity contribution in [1.82, 2.24) is 10.2 Å². The van der Waals surface area contributed by atoms with Crippen molar-refractivity contribution >= 4 is 17.4 Å². The third-order valence-corrected chi connectivity index (χ3v) is 4.08. The summed E-state index contributed by atoms with van der Waals surface area (Å²) >= 11 is 1.66. The Morgan fingerprint density at radius 3 is 2.57 bits per heavy atom. The van der Waals surface area contributed by atoms with Crippen molar-refractivity contribution in [3.8, 4) is 0 Å². The number of carbonyl (C=O) groups excluding carboxylic acids is 1. The molecule has 23 heavy (non-hydrogen) atoms. The number of carbonyl (C=O) groups is 1. The predicted molar refractivity (Wildman–Crippen MR) is 94.6 cm³/mol. The number of nitrogens with zero attached hydrogens (tertiary/aromatic N) is 1. The van der Waals surface area contributed by atoms with Gasteiger partial charge in [0.15, 0.2) is 0 Å². The zero-order valence-electron chi connectivity index (χ0n) is 13.7. The minimum atomic E-state index is -0.931. The molecule has 0 saturated carbocycles. The van der Waals surface area contributed by atoms with Crippen molar-refractivity contribution in [3.05, 3.63) is 58.3 Å². The van der Waals surface area contributed by atoms with Crippen LogP contribution < -0.4 is 5.32 Å². The van der Waals surface area contributed by atoms with Gasteiger partial charge in [-0.05, 0) is 48.2 Å². The fourth-order valence-corrected chi connectivity index (χ4v) is 3.03. The molecule has 124 valence electrons. The third kappa shape index (κ3) is 6.42. The van der Waals surface area contributed by atoms with Gasteiger partial charge in [-0.15, -0.1) is 0 Å². The topological polar surface area (TPSA) is 52.6 Å². The van der Waals surface area contributed by atoms with E-state index in [-0.39, 0.29) is 12.6 Å². The lowest BCUT2D eigenvalue weighted by Gasteiger charge is -2.29. The Morgan fingerprint density at radius 2 is 1.96 bits per heavy atom. The highest BCUT2D eigenvalue weighted by atomic mass is 32.1. The lowest BCUT2D eigenvalue weighted by molar-refractivity contribution is 0.0447. The minimum Gasteiger partial charge on any atom is -0.389 e. The van der Waals surface area contributed by atoms with Crippen molar-refractivity contribution in [2.75, 3.05) is 13.1 Å². The van der Waals surface area contributed by atoms with E-state index in [9.17, 15) is 9.90 Å². The first-order valence-corrected chi connectivity index (χ1v) is 8.68. The van der Waals surface area contributed by atoms with Crippen LogP contribution in [0.4, 0.5) is 4.79 Å². The first kappa shape index (κ1) is 17.5. The van der Waals surface area contributed by atoms with Gasteiger partial charge in [-0.2, -0.15) is 11.3 Å². The summed E-state index contributed by atoms with van der Waals surface area (Å²) in [6, 6.07) is 11.7. The van der Waals surface area contributed by atoms with Gasteiger partial charge in [0.05, 0.1) is 12.1 Å². The van der Waals surface area contributed by atoms with Crippen LogP contribution in [0.1, 0.15) is 25.0 Å². The van der Waals surface area contributed by atoms with E-state index in [0.717, 1.165) is 12.0 Å². The third-order valence-electron chi connectivity index (χ3n) is 3.35. The Morgan fingerprint density at radius 1 is 1.22 bits per heavy atom. The van der Waals surface area contributed by atoms with Crippen LogP contribution in [-0.2, 0) is 13.0 Å². The van der Waals surface area contributed by atoms with Gasteiger partial charge in [-0.25, -0.2) is 4.79 Å². The van der Waals surface area contributed by atoms with Crippen molar-refractivity contribution < 1.29 is 9.90 Å².